The Bertz CT molecular complexity index is 1640. The van der Waals surface area contributed by atoms with Crippen LogP contribution in [-0.2, 0) is 6.42 Å². The molecule has 3 heterocycles. The van der Waals surface area contributed by atoms with Crippen LogP contribution >= 0.6 is 22.9 Å². The number of thiazole rings is 1. The van der Waals surface area contributed by atoms with E-state index in [1.165, 1.54) is 11.3 Å². The molecular formula is C32H33ClN4O2S. The number of allylic oxidation sites excluding steroid dienone is 1. The zero-order valence-electron chi connectivity index (χ0n) is 23.3. The third-order valence-corrected chi connectivity index (χ3v) is 8.23. The van der Waals surface area contributed by atoms with Crippen LogP contribution in [0.3, 0.4) is 0 Å². The van der Waals surface area contributed by atoms with Gasteiger partial charge in [-0.2, -0.15) is 0 Å². The topological polar surface area (TPSA) is 67.2 Å². The summed E-state index contributed by atoms with van der Waals surface area (Å²) in [5.74, 6) is -0.0786. The zero-order valence-corrected chi connectivity index (χ0v) is 24.8. The van der Waals surface area contributed by atoms with Gasteiger partial charge in [0, 0.05) is 42.1 Å². The van der Waals surface area contributed by atoms with Crippen molar-refractivity contribution in [3.8, 4) is 27.5 Å². The minimum Gasteiger partial charge on any atom is -0.336 e. The number of pyridine rings is 1. The van der Waals surface area contributed by atoms with Gasteiger partial charge in [0.2, 0.25) is 0 Å². The fraction of sp³-hybridized carbons (Fsp3) is 0.281. The average Bonchev–Trinajstić information content (AvgIpc) is 3.44. The van der Waals surface area contributed by atoms with Crippen molar-refractivity contribution in [2.24, 2.45) is 0 Å². The second-order valence-corrected chi connectivity index (χ2v) is 11.5. The second-order valence-electron chi connectivity index (χ2n) is 10.2. The van der Waals surface area contributed by atoms with Gasteiger partial charge < -0.3 is 10.2 Å². The number of aromatic nitrogens is 2. The minimum atomic E-state index is -0.189. The smallest absolute Gasteiger partial charge is 0.265 e. The highest BCUT2D eigenvalue weighted by Gasteiger charge is 2.27. The molecule has 1 aliphatic rings. The van der Waals surface area contributed by atoms with Crippen LogP contribution in [-0.4, -0.2) is 46.5 Å². The number of aryl methyl sites for hydroxylation is 2. The van der Waals surface area contributed by atoms with Crippen LogP contribution in [0.5, 0.6) is 0 Å². The highest BCUT2D eigenvalue weighted by atomic mass is 35.5. The standard InChI is InChI=1S/C32H33ClN4O2S/c1-5-22-8-6-7-21(4)29(22)37-28(17-20(2)3)25(31(38)36-15-13-34-14-16-36)18-26(32(37)39)30-35-27(19-40-30)23-9-11-24(33)12-10-23/h6-12,17-19,34H,5,13-16H2,1-4H3. The first-order valence-electron chi connectivity index (χ1n) is 13.5. The molecule has 1 fully saturated rings. The first-order valence-corrected chi connectivity index (χ1v) is 14.8. The predicted molar refractivity (Wildman–Crippen MR) is 166 cm³/mol. The molecule has 0 spiro atoms. The molecule has 8 heteroatoms. The maximum atomic E-state index is 14.5. The van der Waals surface area contributed by atoms with E-state index >= 15 is 0 Å². The number of carbonyl (C=O) groups is 1. The predicted octanol–water partition coefficient (Wildman–Crippen LogP) is 6.62. The highest BCUT2D eigenvalue weighted by molar-refractivity contribution is 7.13. The number of amides is 1. The average molecular weight is 573 g/mol. The molecule has 0 bridgehead atoms. The molecule has 0 atom stereocenters. The Morgan fingerprint density at radius 2 is 1.85 bits per heavy atom. The van der Waals surface area contributed by atoms with Gasteiger partial charge in [-0.1, -0.05) is 54.4 Å². The van der Waals surface area contributed by atoms with Crippen LogP contribution in [0.4, 0.5) is 0 Å². The Morgan fingerprint density at radius 1 is 1.12 bits per heavy atom. The van der Waals surface area contributed by atoms with Crippen molar-refractivity contribution in [1.82, 2.24) is 19.8 Å². The zero-order chi connectivity index (χ0) is 28.4. The van der Waals surface area contributed by atoms with Gasteiger partial charge in [0.05, 0.1) is 28.2 Å². The molecule has 0 unspecified atom stereocenters. The molecule has 2 aromatic heterocycles. The number of nitrogens with zero attached hydrogens (tertiary/aromatic N) is 3. The third-order valence-electron chi connectivity index (χ3n) is 7.10. The molecule has 1 N–H and O–H groups in total. The molecule has 4 aromatic rings. The van der Waals surface area contributed by atoms with E-state index in [0.717, 1.165) is 53.2 Å². The highest BCUT2D eigenvalue weighted by Crippen LogP contribution is 2.32. The number of hydrogen-bond donors (Lipinski definition) is 1. The summed E-state index contributed by atoms with van der Waals surface area (Å²) < 4.78 is 1.75. The Morgan fingerprint density at radius 3 is 2.52 bits per heavy atom. The van der Waals surface area contributed by atoms with E-state index in [1.54, 1.807) is 10.6 Å². The van der Waals surface area contributed by atoms with E-state index in [0.29, 0.717) is 39.9 Å². The van der Waals surface area contributed by atoms with Gasteiger partial charge in [0.1, 0.15) is 5.01 Å². The van der Waals surface area contributed by atoms with Crippen LogP contribution in [0.2, 0.25) is 5.02 Å². The number of para-hydroxylation sites is 1. The van der Waals surface area contributed by atoms with Crippen molar-refractivity contribution in [3.63, 3.8) is 0 Å². The molecule has 1 aliphatic heterocycles. The fourth-order valence-electron chi connectivity index (χ4n) is 5.11. The van der Waals surface area contributed by atoms with E-state index < -0.39 is 0 Å². The van der Waals surface area contributed by atoms with E-state index in [4.69, 9.17) is 16.6 Å². The van der Waals surface area contributed by atoms with E-state index in [1.807, 2.05) is 79.6 Å². The summed E-state index contributed by atoms with van der Waals surface area (Å²) in [7, 11) is 0. The number of halogens is 1. The molecular weight excluding hydrogens is 540 g/mol. The van der Waals surface area contributed by atoms with Crippen LogP contribution < -0.4 is 10.9 Å². The molecule has 206 valence electrons. The van der Waals surface area contributed by atoms with E-state index in [9.17, 15) is 9.59 Å². The van der Waals surface area contributed by atoms with Crippen molar-refractivity contribution in [2.45, 2.75) is 34.1 Å². The largest absolute Gasteiger partial charge is 0.336 e. The van der Waals surface area contributed by atoms with Gasteiger partial charge in [-0.15, -0.1) is 11.3 Å². The molecule has 5 rings (SSSR count). The Balaban J connectivity index is 1.80. The lowest BCUT2D eigenvalue weighted by molar-refractivity contribution is 0.0735. The maximum Gasteiger partial charge on any atom is 0.265 e. The number of carbonyl (C=O) groups excluding carboxylic acids is 1. The molecule has 40 heavy (non-hydrogen) atoms. The Kier molecular flexibility index (Phi) is 8.35. The third kappa shape index (κ3) is 5.55. The van der Waals surface area contributed by atoms with Crippen molar-refractivity contribution < 1.29 is 4.79 Å². The van der Waals surface area contributed by atoms with Crippen LogP contribution in [0.15, 0.2) is 64.3 Å². The fourth-order valence-corrected chi connectivity index (χ4v) is 6.07. The summed E-state index contributed by atoms with van der Waals surface area (Å²) >= 11 is 7.49. The SMILES string of the molecule is CCc1cccc(C)c1-n1c(C=C(C)C)c(C(=O)N2CCNCC2)cc(-c2nc(-c3ccc(Cl)cc3)cs2)c1=O. The quantitative estimate of drug-likeness (QED) is 0.282. The monoisotopic (exact) mass is 572 g/mol. The summed E-state index contributed by atoms with van der Waals surface area (Å²) in [6.45, 7) is 10.8. The lowest BCUT2D eigenvalue weighted by atomic mass is 10.0. The van der Waals surface area contributed by atoms with Gasteiger partial charge in [0.15, 0.2) is 0 Å². The number of benzene rings is 2. The molecule has 0 saturated carbocycles. The summed E-state index contributed by atoms with van der Waals surface area (Å²) in [4.78, 5) is 35.3. The van der Waals surface area contributed by atoms with Crippen LogP contribution in [0, 0.1) is 6.92 Å². The van der Waals surface area contributed by atoms with Gasteiger partial charge >= 0.3 is 0 Å². The summed E-state index contributed by atoms with van der Waals surface area (Å²) in [6, 6.07) is 15.3. The number of hydrogen-bond acceptors (Lipinski definition) is 5. The molecule has 6 nitrogen and oxygen atoms in total. The summed E-state index contributed by atoms with van der Waals surface area (Å²) in [6.07, 6.45) is 2.70. The van der Waals surface area contributed by atoms with Crippen molar-refractivity contribution in [2.75, 3.05) is 26.2 Å². The van der Waals surface area contributed by atoms with Gasteiger partial charge in [-0.25, -0.2) is 4.98 Å². The number of piperazine rings is 1. The summed E-state index contributed by atoms with van der Waals surface area (Å²) in [5, 5.41) is 6.49. The van der Waals surface area contributed by atoms with Crippen molar-refractivity contribution in [3.05, 3.63) is 97.2 Å². The normalized spacial score (nSPS) is 13.4. The van der Waals surface area contributed by atoms with E-state index in [-0.39, 0.29) is 11.5 Å². The van der Waals surface area contributed by atoms with Gasteiger partial charge in [-0.05, 0) is 62.6 Å². The Hall–Kier alpha value is -3.52. The van der Waals surface area contributed by atoms with Gasteiger partial charge in [0.25, 0.3) is 11.5 Å². The number of rotatable bonds is 6. The van der Waals surface area contributed by atoms with Crippen LogP contribution in [0.1, 0.15) is 48.0 Å². The molecule has 0 radical (unpaired) electrons. The first-order chi connectivity index (χ1) is 19.3. The Labute approximate surface area is 244 Å². The molecule has 1 amide bonds. The molecule has 2 aromatic carbocycles. The van der Waals surface area contributed by atoms with E-state index in [2.05, 4.69) is 12.2 Å². The number of nitrogens with one attached hydrogen (secondary N) is 1. The lowest BCUT2D eigenvalue weighted by Gasteiger charge is -2.29. The summed E-state index contributed by atoms with van der Waals surface area (Å²) in [5.41, 5.74) is 6.86. The van der Waals surface area contributed by atoms with Gasteiger partial charge in [-0.3, -0.25) is 14.2 Å². The molecule has 0 aliphatic carbocycles. The van der Waals surface area contributed by atoms with Crippen molar-refractivity contribution >= 4 is 34.9 Å². The second kappa shape index (κ2) is 11.9. The van der Waals surface area contributed by atoms with Crippen LogP contribution in [0.25, 0.3) is 33.6 Å². The molecule has 1 saturated heterocycles. The maximum absolute atomic E-state index is 14.5. The first kappa shape index (κ1) is 28.0. The van der Waals surface area contributed by atoms with Crippen molar-refractivity contribution in [1.29, 1.82) is 0 Å². The lowest BCUT2D eigenvalue weighted by Crippen LogP contribution is -2.47. The minimum absolute atomic E-state index is 0.0786.